The lowest BCUT2D eigenvalue weighted by atomic mass is 9.73. The van der Waals surface area contributed by atoms with Crippen molar-refractivity contribution in [1.82, 2.24) is 4.90 Å². The molecule has 0 unspecified atom stereocenters. The molecule has 8 heteroatoms. The van der Waals surface area contributed by atoms with Crippen LogP contribution in [0.1, 0.15) is 29.5 Å². The summed E-state index contributed by atoms with van der Waals surface area (Å²) in [6.07, 6.45) is 2.44. The number of rotatable bonds is 9. The Hall–Kier alpha value is -2.20. The number of methoxy groups -OCH3 is 4. The number of hydrogen-bond donors (Lipinski definition) is 1. The minimum Gasteiger partial charge on any atom is -0.493 e. The van der Waals surface area contributed by atoms with Crippen LogP contribution < -0.4 is 24.7 Å². The van der Waals surface area contributed by atoms with E-state index in [4.69, 9.17) is 24.7 Å². The molecular weight excluding hydrogens is 523 g/mol. The molecule has 0 fully saturated rings. The van der Waals surface area contributed by atoms with Crippen molar-refractivity contribution in [3.8, 4) is 23.0 Å². The van der Waals surface area contributed by atoms with Gasteiger partial charge in [-0.1, -0.05) is 6.07 Å². The Morgan fingerprint density at radius 2 is 1.56 bits per heavy atom. The largest absolute Gasteiger partial charge is 0.493 e. The number of amides is 1. The highest BCUT2D eigenvalue weighted by molar-refractivity contribution is 14.0. The third kappa shape index (κ3) is 5.06. The van der Waals surface area contributed by atoms with E-state index in [1.807, 2.05) is 24.3 Å². The first-order chi connectivity index (χ1) is 14.9. The van der Waals surface area contributed by atoms with E-state index in [9.17, 15) is 4.79 Å². The van der Waals surface area contributed by atoms with Crippen LogP contribution in [0.2, 0.25) is 0 Å². The van der Waals surface area contributed by atoms with E-state index < -0.39 is 5.54 Å². The van der Waals surface area contributed by atoms with Crippen LogP contribution in [0, 0.1) is 0 Å². The lowest BCUT2D eigenvalue weighted by Gasteiger charge is -2.47. The van der Waals surface area contributed by atoms with Crippen LogP contribution in [0.5, 0.6) is 23.0 Å². The first kappa shape index (κ1) is 26.1. The van der Waals surface area contributed by atoms with Crippen molar-refractivity contribution >= 4 is 29.9 Å². The molecule has 0 saturated heterocycles. The number of fused-ring (bicyclic) bond motifs is 1. The highest BCUT2D eigenvalue weighted by Crippen LogP contribution is 2.45. The molecular formula is C24H33IN2O5. The lowest BCUT2D eigenvalue weighted by Crippen LogP contribution is -2.50. The Labute approximate surface area is 207 Å². The van der Waals surface area contributed by atoms with Gasteiger partial charge in [0.2, 0.25) is 5.91 Å². The van der Waals surface area contributed by atoms with Gasteiger partial charge in [0.1, 0.15) is 0 Å². The maximum Gasteiger partial charge on any atom is 0.217 e. The Morgan fingerprint density at radius 3 is 2.16 bits per heavy atom. The van der Waals surface area contributed by atoms with Gasteiger partial charge in [-0.2, -0.15) is 0 Å². The Bertz CT molecular complexity index is 952. The van der Waals surface area contributed by atoms with E-state index >= 15 is 0 Å². The molecule has 1 atom stereocenters. The zero-order valence-electron chi connectivity index (χ0n) is 19.4. The van der Waals surface area contributed by atoms with Crippen LogP contribution in [-0.2, 0) is 23.2 Å². The fourth-order valence-electron chi connectivity index (χ4n) is 4.57. The maximum absolute atomic E-state index is 11.8. The highest BCUT2D eigenvalue weighted by atomic mass is 127. The minimum atomic E-state index is -0.429. The monoisotopic (exact) mass is 556 g/mol. The molecule has 0 radical (unpaired) electrons. The van der Waals surface area contributed by atoms with Gasteiger partial charge >= 0.3 is 0 Å². The summed E-state index contributed by atoms with van der Waals surface area (Å²) in [7, 11) is 8.63. The maximum atomic E-state index is 11.8. The van der Waals surface area contributed by atoms with E-state index in [0.717, 1.165) is 24.1 Å². The van der Waals surface area contributed by atoms with Gasteiger partial charge in [-0.25, -0.2) is 0 Å². The third-order valence-corrected chi connectivity index (χ3v) is 6.29. The van der Waals surface area contributed by atoms with Crippen LogP contribution in [-0.4, -0.2) is 52.8 Å². The average Bonchev–Trinajstić information content (AvgIpc) is 2.78. The van der Waals surface area contributed by atoms with Gasteiger partial charge in [0.25, 0.3) is 0 Å². The second-order valence-corrected chi connectivity index (χ2v) is 7.90. The van der Waals surface area contributed by atoms with Crippen LogP contribution >= 0.6 is 24.0 Å². The zero-order chi connectivity index (χ0) is 22.6. The molecule has 2 aromatic carbocycles. The third-order valence-electron chi connectivity index (χ3n) is 6.29. The van der Waals surface area contributed by atoms with E-state index in [-0.39, 0.29) is 36.3 Å². The molecule has 0 aromatic heterocycles. The molecule has 0 bridgehead atoms. The predicted molar refractivity (Wildman–Crippen MR) is 135 cm³/mol. The molecule has 32 heavy (non-hydrogen) atoms. The zero-order valence-corrected chi connectivity index (χ0v) is 21.7. The second kappa shape index (κ2) is 11.1. The number of likely N-dealkylation sites (N-methyl/N-ethyl adjacent to an activating group) is 1. The summed E-state index contributed by atoms with van der Waals surface area (Å²) in [6.45, 7) is 0.856. The number of carbonyl (C=O) groups excluding carboxylic acids is 1. The summed E-state index contributed by atoms with van der Waals surface area (Å²) in [5, 5.41) is 0. The Balaban J connectivity index is 0.00000363. The van der Waals surface area contributed by atoms with E-state index in [1.54, 1.807) is 28.4 Å². The number of ether oxygens (including phenoxy) is 4. The van der Waals surface area contributed by atoms with Crippen molar-refractivity contribution in [2.24, 2.45) is 5.73 Å². The first-order valence-corrected chi connectivity index (χ1v) is 10.3. The molecule has 3 rings (SSSR count). The second-order valence-electron chi connectivity index (χ2n) is 7.90. The average molecular weight is 556 g/mol. The normalized spacial score (nSPS) is 17.7. The molecule has 1 heterocycles. The molecule has 1 aliphatic rings. The van der Waals surface area contributed by atoms with Crippen LogP contribution in [0.4, 0.5) is 0 Å². The predicted octanol–water partition coefficient (Wildman–Crippen LogP) is 3.53. The summed E-state index contributed by atoms with van der Waals surface area (Å²) in [4.78, 5) is 14.1. The number of hydrogen-bond acceptors (Lipinski definition) is 6. The first-order valence-electron chi connectivity index (χ1n) is 10.3. The SMILES string of the molecule is COc1ccc(C[C@]2(CCC(N)=O)c3cc(OC)c(OC)cc3CCN2C)cc1OC.I. The lowest BCUT2D eigenvalue weighted by molar-refractivity contribution is -0.118. The number of benzene rings is 2. The Kier molecular flexibility index (Phi) is 9.03. The van der Waals surface area contributed by atoms with Gasteiger partial charge in [-0.05, 0) is 67.3 Å². The summed E-state index contributed by atoms with van der Waals surface area (Å²) >= 11 is 0. The molecule has 7 nitrogen and oxygen atoms in total. The summed E-state index contributed by atoms with van der Waals surface area (Å²) in [6, 6.07) is 10.0. The number of primary amides is 1. The summed E-state index contributed by atoms with van der Waals surface area (Å²) < 4.78 is 22.0. The van der Waals surface area contributed by atoms with Crippen LogP contribution in [0.3, 0.4) is 0 Å². The van der Waals surface area contributed by atoms with Crippen LogP contribution in [0.15, 0.2) is 30.3 Å². The van der Waals surface area contributed by atoms with Gasteiger partial charge in [-0.3, -0.25) is 9.69 Å². The molecule has 1 amide bonds. The van der Waals surface area contributed by atoms with Gasteiger partial charge in [-0.15, -0.1) is 24.0 Å². The number of halogens is 1. The van der Waals surface area contributed by atoms with Crippen molar-refractivity contribution in [1.29, 1.82) is 0 Å². The minimum absolute atomic E-state index is 0. The van der Waals surface area contributed by atoms with Gasteiger partial charge < -0.3 is 24.7 Å². The highest BCUT2D eigenvalue weighted by Gasteiger charge is 2.42. The van der Waals surface area contributed by atoms with Crippen molar-refractivity contribution in [2.45, 2.75) is 31.2 Å². The van der Waals surface area contributed by atoms with Gasteiger partial charge in [0.15, 0.2) is 23.0 Å². The summed E-state index contributed by atoms with van der Waals surface area (Å²) in [5.74, 6) is 2.43. The van der Waals surface area contributed by atoms with Gasteiger partial charge in [0, 0.05) is 13.0 Å². The van der Waals surface area contributed by atoms with Crippen molar-refractivity contribution in [3.63, 3.8) is 0 Å². The topological polar surface area (TPSA) is 83.2 Å². The number of nitrogens with zero attached hydrogens (tertiary/aromatic N) is 1. The van der Waals surface area contributed by atoms with Crippen LogP contribution in [0.25, 0.3) is 0 Å². The van der Waals surface area contributed by atoms with E-state index in [1.165, 1.54) is 5.56 Å². The molecule has 0 spiro atoms. The van der Waals surface area contributed by atoms with Gasteiger partial charge in [0.05, 0.1) is 34.0 Å². The van der Waals surface area contributed by atoms with E-state index in [2.05, 4.69) is 18.0 Å². The molecule has 2 N–H and O–H groups in total. The smallest absolute Gasteiger partial charge is 0.217 e. The summed E-state index contributed by atoms with van der Waals surface area (Å²) in [5.41, 5.74) is 8.55. The number of nitrogens with two attached hydrogens (primary N) is 1. The molecule has 0 aliphatic carbocycles. The quantitative estimate of drug-likeness (QED) is 0.476. The van der Waals surface area contributed by atoms with Crippen molar-refractivity contribution < 1.29 is 23.7 Å². The standard InChI is InChI=1S/C24H32N2O5.HI/c1-26-11-9-17-13-21(30-4)22(31-5)14-18(17)24(26,10-8-23(25)27)15-16-6-7-19(28-2)20(12-16)29-3;/h6-7,12-14H,8-11,15H2,1-5H3,(H2,25,27);1H/t24-;/m1./s1. The molecule has 2 aromatic rings. The van der Waals surface area contributed by atoms with Crippen molar-refractivity contribution in [2.75, 3.05) is 42.0 Å². The van der Waals surface area contributed by atoms with E-state index in [0.29, 0.717) is 35.8 Å². The fourth-order valence-corrected chi connectivity index (χ4v) is 4.57. The Morgan fingerprint density at radius 1 is 0.969 bits per heavy atom. The molecule has 0 saturated carbocycles. The molecule has 176 valence electrons. The number of carbonyl (C=O) groups is 1. The van der Waals surface area contributed by atoms with Crippen molar-refractivity contribution in [3.05, 3.63) is 47.0 Å². The fraction of sp³-hybridized carbons (Fsp3) is 0.458. The molecule has 1 aliphatic heterocycles.